The Kier molecular flexibility index (Phi) is 4.39. The lowest BCUT2D eigenvalue weighted by Gasteiger charge is -2.23. The maximum absolute atomic E-state index is 11.1. The highest BCUT2D eigenvalue weighted by Gasteiger charge is 2.21. The lowest BCUT2D eigenvalue weighted by atomic mass is 10.1. The summed E-state index contributed by atoms with van der Waals surface area (Å²) < 4.78 is 5.47. The summed E-state index contributed by atoms with van der Waals surface area (Å²) in [5.74, 6) is -0.476. The molecule has 1 fully saturated rings. The summed E-state index contributed by atoms with van der Waals surface area (Å²) in [6.45, 7) is 0. The molecule has 0 bridgehead atoms. The Morgan fingerprint density at radius 2 is 2.11 bits per heavy atom. The van der Waals surface area contributed by atoms with Gasteiger partial charge in [-0.1, -0.05) is 18.9 Å². The third kappa shape index (κ3) is 3.24. The van der Waals surface area contributed by atoms with Crippen LogP contribution < -0.4 is 16.8 Å². The van der Waals surface area contributed by atoms with Crippen molar-refractivity contribution in [2.45, 2.75) is 38.0 Å². The van der Waals surface area contributed by atoms with Crippen molar-refractivity contribution in [1.82, 2.24) is 5.32 Å². The molecule has 0 aromatic heterocycles. The van der Waals surface area contributed by atoms with Gasteiger partial charge in [-0.3, -0.25) is 10.1 Å². The molecule has 5 N–H and O–H groups in total. The number of anilines is 1. The van der Waals surface area contributed by atoms with Crippen molar-refractivity contribution in [3.8, 4) is 0 Å². The molecule has 1 aliphatic carbocycles. The SMILES string of the molecule is COC(NC1CCCC1)c1ccc(C(N)=O)cc1N. The van der Waals surface area contributed by atoms with E-state index in [2.05, 4.69) is 5.32 Å². The molecule has 1 unspecified atom stereocenters. The van der Waals surface area contributed by atoms with Crippen LogP contribution in [0.1, 0.15) is 47.8 Å². The smallest absolute Gasteiger partial charge is 0.248 e. The zero-order valence-corrected chi connectivity index (χ0v) is 11.2. The Morgan fingerprint density at radius 3 is 2.63 bits per heavy atom. The van der Waals surface area contributed by atoms with E-state index in [-0.39, 0.29) is 6.23 Å². The number of carbonyl (C=O) groups excluding carboxylic acids is 1. The van der Waals surface area contributed by atoms with Crippen LogP contribution in [-0.2, 0) is 4.74 Å². The van der Waals surface area contributed by atoms with Crippen molar-refractivity contribution < 1.29 is 9.53 Å². The summed E-state index contributed by atoms with van der Waals surface area (Å²) in [6, 6.07) is 5.54. The molecule has 0 heterocycles. The molecule has 0 saturated heterocycles. The van der Waals surface area contributed by atoms with Crippen molar-refractivity contribution in [1.29, 1.82) is 0 Å². The van der Waals surface area contributed by atoms with Gasteiger partial charge in [0.2, 0.25) is 5.91 Å². The Morgan fingerprint density at radius 1 is 1.42 bits per heavy atom. The zero-order valence-electron chi connectivity index (χ0n) is 11.2. The first-order chi connectivity index (χ1) is 9.11. The second kappa shape index (κ2) is 6.04. The van der Waals surface area contributed by atoms with Gasteiger partial charge in [-0.2, -0.15) is 0 Å². The van der Waals surface area contributed by atoms with Crippen molar-refractivity contribution in [3.05, 3.63) is 29.3 Å². The van der Waals surface area contributed by atoms with Crippen LogP contribution in [0, 0.1) is 0 Å². The molecule has 1 aromatic rings. The highest BCUT2D eigenvalue weighted by Crippen LogP contribution is 2.26. The van der Waals surface area contributed by atoms with Gasteiger partial charge in [-0.15, -0.1) is 0 Å². The summed E-state index contributed by atoms with van der Waals surface area (Å²) >= 11 is 0. The van der Waals surface area contributed by atoms with Gasteiger partial charge in [0.05, 0.1) is 0 Å². The molecule has 1 aliphatic rings. The molecule has 5 heteroatoms. The van der Waals surface area contributed by atoms with Crippen LogP contribution in [0.25, 0.3) is 0 Å². The first-order valence-corrected chi connectivity index (χ1v) is 6.60. The summed E-state index contributed by atoms with van der Waals surface area (Å²) in [6.07, 6.45) is 4.59. The number of hydrogen-bond donors (Lipinski definition) is 3. The number of nitrogens with one attached hydrogen (secondary N) is 1. The maximum atomic E-state index is 11.1. The van der Waals surface area contributed by atoms with Crippen LogP contribution in [0.5, 0.6) is 0 Å². The average molecular weight is 263 g/mol. The molecule has 1 saturated carbocycles. The van der Waals surface area contributed by atoms with Crippen LogP contribution in [0.15, 0.2) is 18.2 Å². The van der Waals surface area contributed by atoms with E-state index in [9.17, 15) is 4.79 Å². The topological polar surface area (TPSA) is 90.4 Å². The predicted octanol–water partition coefficient (Wildman–Crippen LogP) is 1.54. The van der Waals surface area contributed by atoms with Crippen LogP contribution in [0.2, 0.25) is 0 Å². The molecule has 0 radical (unpaired) electrons. The number of amides is 1. The molecule has 1 atom stereocenters. The number of carbonyl (C=O) groups is 1. The maximum Gasteiger partial charge on any atom is 0.248 e. The highest BCUT2D eigenvalue weighted by molar-refractivity contribution is 5.93. The van der Waals surface area contributed by atoms with Crippen LogP contribution in [0.3, 0.4) is 0 Å². The number of ether oxygens (including phenoxy) is 1. The average Bonchev–Trinajstić information content (AvgIpc) is 2.89. The quantitative estimate of drug-likeness (QED) is 0.555. The van der Waals surface area contributed by atoms with E-state index >= 15 is 0 Å². The van der Waals surface area contributed by atoms with E-state index in [1.54, 1.807) is 25.3 Å². The largest absolute Gasteiger partial charge is 0.398 e. The molecule has 19 heavy (non-hydrogen) atoms. The van der Waals surface area contributed by atoms with Crippen LogP contribution in [-0.4, -0.2) is 19.1 Å². The van der Waals surface area contributed by atoms with E-state index in [4.69, 9.17) is 16.2 Å². The van der Waals surface area contributed by atoms with E-state index in [0.29, 0.717) is 17.3 Å². The van der Waals surface area contributed by atoms with Gasteiger partial charge in [0.15, 0.2) is 0 Å². The summed E-state index contributed by atoms with van der Waals surface area (Å²) in [4.78, 5) is 11.1. The van der Waals surface area contributed by atoms with E-state index in [0.717, 1.165) is 5.56 Å². The Balaban J connectivity index is 2.15. The van der Waals surface area contributed by atoms with Gasteiger partial charge in [0, 0.05) is 30.0 Å². The van der Waals surface area contributed by atoms with Gasteiger partial charge >= 0.3 is 0 Å². The number of primary amides is 1. The van der Waals surface area contributed by atoms with Gasteiger partial charge in [-0.05, 0) is 25.0 Å². The minimum absolute atomic E-state index is 0.245. The summed E-state index contributed by atoms with van der Waals surface area (Å²) in [5, 5.41) is 3.45. The van der Waals surface area contributed by atoms with Gasteiger partial charge in [-0.25, -0.2) is 0 Å². The molecule has 0 spiro atoms. The molecular formula is C14H21N3O2. The standard InChI is InChI=1S/C14H21N3O2/c1-19-14(17-10-4-2-3-5-10)11-7-6-9(13(16)18)8-12(11)15/h6-8,10,14,17H,2-5,15H2,1H3,(H2,16,18). The lowest BCUT2D eigenvalue weighted by Crippen LogP contribution is -2.32. The van der Waals surface area contributed by atoms with Crippen LogP contribution in [0.4, 0.5) is 5.69 Å². The molecule has 0 aliphatic heterocycles. The molecular weight excluding hydrogens is 242 g/mol. The monoisotopic (exact) mass is 263 g/mol. The fourth-order valence-corrected chi connectivity index (χ4v) is 2.56. The highest BCUT2D eigenvalue weighted by atomic mass is 16.5. The number of hydrogen-bond acceptors (Lipinski definition) is 4. The van der Waals surface area contributed by atoms with Gasteiger partial charge in [0.25, 0.3) is 0 Å². The normalized spacial score (nSPS) is 17.5. The predicted molar refractivity (Wildman–Crippen MR) is 74.5 cm³/mol. The van der Waals surface area contributed by atoms with Crippen LogP contribution >= 0.6 is 0 Å². The Hall–Kier alpha value is -1.59. The fraction of sp³-hybridized carbons (Fsp3) is 0.500. The van der Waals surface area contributed by atoms with Crippen molar-refractivity contribution in [3.63, 3.8) is 0 Å². The minimum atomic E-state index is -0.476. The third-order valence-electron chi connectivity index (χ3n) is 3.63. The molecule has 5 nitrogen and oxygen atoms in total. The Bertz CT molecular complexity index is 456. The molecule has 2 rings (SSSR count). The zero-order chi connectivity index (χ0) is 13.8. The lowest BCUT2D eigenvalue weighted by molar-refractivity contribution is 0.0637. The number of nitrogen functional groups attached to an aromatic ring is 1. The third-order valence-corrected chi connectivity index (χ3v) is 3.63. The number of rotatable bonds is 5. The Labute approximate surface area is 113 Å². The first kappa shape index (κ1) is 13.8. The molecule has 1 amide bonds. The molecule has 104 valence electrons. The number of methoxy groups -OCH3 is 1. The van der Waals surface area contributed by atoms with E-state index in [1.165, 1.54) is 25.7 Å². The number of benzene rings is 1. The van der Waals surface area contributed by atoms with Gasteiger partial charge < -0.3 is 16.2 Å². The summed E-state index contributed by atoms with van der Waals surface area (Å²) in [5.41, 5.74) is 13.0. The summed E-state index contributed by atoms with van der Waals surface area (Å²) in [7, 11) is 1.65. The second-order valence-electron chi connectivity index (χ2n) is 4.97. The van der Waals surface area contributed by atoms with Crippen molar-refractivity contribution in [2.75, 3.05) is 12.8 Å². The van der Waals surface area contributed by atoms with E-state index < -0.39 is 5.91 Å². The van der Waals surface area contributed by atoms with Crippen molar-refractivity contribution >= 4 is 11.6 Å². The number of nitrogens with two attached hydrogens (primary N) is 2. The fourth-order valence-electron chi connectivity index (χ4n) is 2.56. The van der Waals surface area contributed by atoms with Crippen molar-refractivity contribution in [2.24, 2.45) is 5.73 Å². The van der Waals surface area contributed by atoms with E-state index in [1.807, 2.05) is 0 Å². The van der Waals surface area contributed by atoms with Gasteiger partial charge in [0.1, 0.15) is 6.23 Å². The molecule has 1 aromatic carbocycles. The minimum Gasteiger partial charge on any atom is -0.398 e. The second-order valence-corrected chi connectivity index (χ2v) is 4.97. The first-order valence-electron chi connectivity index (χ1n) is 6.60.